The van der Waals surface area contributed by atoms with E-state index in [1.54, 1.807) is 24.5 Å². The lowest BCUT2D eigenvalue weighted by Crippen LogP contribution is -2.34. The molecule has 2 amide bonds. The van der Waals surface area contributed by atoms with Crippen molar-refractivity contribution < 1.29 is 18.0 Å². The highest BCUT2D eigenvalue weighted by Crippen LogP contribution is 2.29. The van der Waals surface area contributed by atoms with Crippen molar-refractivity contribution in [3.8, 4) is 0 Å². The molecule has 24 heavy (non-hydrogen) atoms. The Kier molecular flexibility index (Phi) is 4.41. The predicted octanol–water partition coefficient (Wildman–Crippen LogP) is 3.04. The molecule has 1 aliphatic rings. The number of nitrogens with one attached hydrogen (secondary N) is 2. The molecule has 0 spiro atoms. The number of pyridine rings is 1. The molecular weight excluding hydrogens is 323 g/mol. The van der Waals surface area contributed by atoms with Crippen LogP contribution in [0.25, 0.3) is 0 Å². The third-order valence-corrected chi connectivity index (χ3v) is 3.72. The fourth-order valence-corrected chi connectivity index (χ4v) is 2.76. The van der Waals surface area contributed by atoms with Gasteiger partial charge >= 0.3 is 12.2 Å². The topological polar surface area (TPSA) is 71.8 Å². The van der Waals surface area contributed by atoms with Crippen LogP contribution >= 0.6 is 0 Å². The second-order valence-corrected chi connectivity index (χ2v) is 5.63. The van der Waals surface area contributed by atoms with E-state index < -0.39 is 24.8 Å². The second-order valence-electron chi connectivity index (χ2n) is 5.63. The van der Waals surface area contributed by atoms with Crippen LogP contribution in [0.2, 0.25) is 0 Å². The first-order valence-electron chi connectivity index (χ1n) is 7.51. The molecule has 2 aromatic rings. The lowest BCUT2D eigenvalue weighted by molar-refractivity contribution is -0.142. The van der Waals surface area contributed by atoms with Gasteiger partial charge in [-0.1, -0.05) is 0 Å². The summed E-state index contributed by atoms with van der Waals surface area (Å²) in [7, 11) is 0. The van der Waals surface area contributed by atoms with Gasteiger partial charge in [0.05, 0.1) is 11.7 Å². The van der Waals surface area contributed by atoms with Gasteiger partial charge in [0.25, 0.3) is 0 Å². The van der Waals surface area contributed by atoms with E-state index in [2.05, 4.69) is 20.7 Å². The van der Waals surface area contributed by atoms with Gasteiger partial charge in [-0.25, -0.2) is 4.79 Å². The van der Waals surface area contributed by atoms with Crippen LogP contribution in [0.5, 0.6) is 0 Å². The van der Waals surface area contributed by atoms with Crippen LogP contribution in [0.4, 0.5) is 23.7 Å². The Bertz CT molecular complexity index is 714. The molecule has 1 aliphatic carbocycles. The predicted molar refractivity (Wildman–Crippen MR) is 80.4 cm³/mol. The number of halogens is 3. The molecule has 0 saturated carbocycles. The summed E-state index contributed by atoms with van der Waals surface area (Å²) < 4.78 is 38.4. The van der Waals surface area contributed by atoms with Gasteiger partial charge < -0.3 is 10.6 Å². The number of carbonyl (C=O) groups excluding carboxylic acids is 1. The van der Waals surface area contributed by atoms with E-state index in [9.17, 15) is 18.0 Å². The fraction of sp³-hybridized carbons (Fsp3) is 0.400. The molecule has 0 bridgehead atoms. The van der Waals surface area contributed by atoms with E-state index in [4.69, 9.17) is 0 Å². The van der Waals surface area contributed by atoms with Gasteiger partial charge in [0.15, 0.2) is 0 Å². The van der Waals surface area contributed by atoms with Crippen molar-refractivity contribution in [3.63, 3.8) is 0 Å². The average molecular weight is 339 g/mol. The minimum atomic E-state index is -4.32. The fourth-order valence-electron chi connectivity index (χ4n) is 2.76. The van der Waals surface area contributed by atoms with E-state index in [0.29, 0.717) is 24.2 Å². The largest absolute Gasteiger partial charge is 0.408 e. The number of fused-ring (bicyclic) bond motifs is 1. The van der Waals surface area contributed by atoms with E-state index in [-0.39, 0.29) is 0 Å². The second kappa shape index (κ2) is 6.50. The van der Waals surface area contributed by atoms with Crippen LogP contribution in [0.1, 0.15) is 30.1 Å². The molecule has 6 nitrogen and oxygen atoms in total. The van der Waals surface area contributed by atoms with Gasteiger partial charge in [-0.2, -0.15) is 18.3 Å². The van der Waals surface area contributed by atoms with Gasteiger partial charge in [-0.15, -0.1) is 0 Å². The standard InChI is InChI=1S/C15H16F3N5O/c16-15(17,18)9-23-8-10-2-1-3-12(13(10)22-23)21-14(24)20-11-4-6-19-7-5-11/h4-8,12H,1-3,9H2,(H2,19,20,21,24). The van der Waals surface area contributed by atoms with E-state index in [1.807, 2.05) is 0 Å². The Labute approximate surface area is 136 Å². The first kappa shape index (κ1) is 16.3. The highest BCUT2D eigenvalue weighted by atomic mass is 19.4. The minimum absolute atomic E-state index is 0.398. The summed E-state index contributed by atoms with van der Waals surface area (Å²) in [6.07, 6.45) is 2.27. The van der Waals surface area contributed by atoms with Crippen LogP contribution in [0.3, 0.4) is 0 Å². The lowest BCUT2D eigenvalue weighted by atomic mass is 9.94. The first-order chi connectivity index (χ1) is 11.4. The molecule has 0 fully saturated rings. The van der Waals surface area contributed by atoms with Crippen LogP contribution in [-0.2, 0) is 13.0 Å². The monoisotopic (exact) mass is 339 g/mol. The SMILES string of the molecule is O=C(Nc1ccncc1)NC1CCCc2cn(CC(F)(F)F)nc21. The zero-order valence-electron chi connectivity index (χ0n) is 12.7. The highest BCUT2D eigenvalue weighted by Gasteiger charge is 2.31. The van der Waals surface area contributed by atoms with Crippen molar-refractivity contribution in [2.75, 3.05) is 5.32 Å². The molecule has 1 atom stereocenters. The van der Waals surface area contributed by atoms with Gasteiger partial charge in [0.2, 0.25) is 0 Å². The Morgan fingerprint density at radius 1 is 1.33 bits per heavy atom. The molecule has 9 heteroatoms. The zero-order valence-corrected chi connectivity index (χ0v) is 12.7. The number of rotatable bonds is 3. The number of aryl methyl sites for hydroxylation is 1. The summed E-state index contributed by atoms with van der Waals surface area (Å²) in [5, 5.41) is 9.45. The Balaban J connectivity index is 1.69. The number of anilines is 1. The highest BCUT2D eigenvalue weighted by molar-refractivity contribution is 5.89. The van der Waals surface area contributed by atoms with E-state index >= 15 is 0 Å². The summed E-state index contributed by atoms with van der Waals surface area (Å²) >= 11 is 0. The molecule has 1 unspecified atom stereocenters. The number of hydrogen-bond donors (Lipinski definition) is 2. The first-order valence-corrected chi connectivity index (χ1v) is 7.51. The van der Waals surface area contributed by atoms with Crippen LogP contribution < -0.4 is 10.6 Å². The quantitative estimate of drug-likeness (QED) is 0.903. The van der Waals surface area contributed by atoms with Gasteiger partial charge in [-0.3, -0.25) is 9.67 Å². The molecule has 2 aromatic heterocycles. The van der Waals surface area contributed by atoms with Crippen molar-refractivity contribution in [1.29, 1.82) is 0 Å². The summed E-state index contributed by atoms with van der Waals surface area (Å²) in [5.41, 5.74) is 1.84. The Morgan fingerprint density at radius 2 is 2.08 bits per heavy atom. The normalized spacial score (nSPS) is 17.2. The van der Waals surface area contributed by atoms with Crippen molar-refractivity contribution in [1.82, 2.24) is 20.1 Å². The van der Waals surface area contributed by atoms with Crippen molar-refractivity contribution in [3.05, 3.63) is 42.0 Å². The molecule has 0 saturated heterocycles. The number of alkyl halides is 3. The summed E-state index contributed by atoms with van der Waals surface area (Å²) in [6.45, 7) is -1.13. The van der Waals surface area contributed by atoms with Crippen LogP contribution in [0.15, 0.2) is 30.7 Å². The van der Waals surface area contributed by atoms with Crippen LogP contribution in [-0.4, -0.2) is 27.0 Å². The maximum absolute atomic E-state index is 12.5. The number of hydrogen-bond acceptors (Lipinski definition) is 3. The molecule has 3 rings (SSSR count). The van der Waals surface area contributed by atoms with Gasteiger partial charge in [0.1, 0.15) is 6.54 Å². The van der Waals surface area contributed by atoms with Crippen molar-refractivity contribution in [2.45, 2.75) is 38.0 Å². The summed E-state index contributed by atoms with van der Waals surface area (Å²) in [6, 6.07) is 2.46. The smallest absolute Gasteiger partial charge is 0.329 e. The molecule has 0 aromatic carbocycles. The summed E-state index contributed by atoms with van der Waals surface area (Å²) in [5.74, 6) is 0. The Hall–Kier alpha value is -2.58. The minimum Gasteiger partial charge on any atom is -0.329 e. The number of urea groups is 1. The molecular formula is C15H16F3N5O. The van der Waals surface area contributed by atoms with Gasteiger partial charge in [-0.05, 0) is 37.0 Å². The number of nitrogens with zero attached hydrogens (tertiary/aromatic N) is 3. The third-order valence-electron chi connectivity index (χ3n) is 3.72. The molecule has 2 heterocycles. The van der Waals surface area contributed by atoms with Gasteiger partial charge in [0, 0.05) is 24.3 Å². The average Bonchev–Trinajstić information content (AvgIpc) is 2.89. The molecule has 2 N–H and O–H groups in total. The number of carbonyl (C=O) groups is 1. The van der Waals surface area contributed by atoms with Crippen molar-refractivity contribution in [2.24, 2.45) is 0 Å². The number of amides is 2. The maximum Gasteiger partial charge on any atom is 0.408 e. The van der Waals surface area contributed by atoms with Crippen molar-refractivity contribution >= 4 is 11.7 Å². The molecule has 128 valence electrons. The third kappa shape index (κ3) is 4.03. The Morgan fingerprint density at radius 3 is 2.79 bits per heavy atom. The molecule has 0 aliphatic heterocycles. The maximum atomic E-state index is 12.5. The molecule has 0 radical (unpaired) electrons. The van der Waals surface area contributed by atoms with E-state index in [1.165, 1.54) is 6.20 Å². The zero-order chi connectivity index (χ0) is 17.2. The lowest BCUT2D eigenvalue weighted by Gasteiger charge is -2.22. The van der Waals surface area contributed by atoms with Crippen LogP contribution in [0, 0.1) is 0 Å². The number of aromatic nitrogens is 3. The van der Waals surface area contributed by atoms with E-state index in [0.717, 1.165) is 16.7 Å². The summed E-state index contributed by atoms with van der Waals surface area (Å²) in [4.78, 5) is 15.9.